The minimum atomic E-state index is -0.260. The summed E-state index contributed by atoms with van der Waals surface area (Å²) in [6.07, 6.45) is 3.36. The Kier molecular flexibility index (Phi) is 7.72. The van der Waals surface area contributed by atoms with Gasteiger partial charge in [0.05, 0.1) is 0 Å². The number of hydrogen-bond acceptors (Lipinski definition) is 3. The van der Waals surface area contributed by atoms with Crippen LogP contribution in [0.5, 0.6) is 11.5 Å². The molecule has 0 saturated heterocycles. The highest BCUT2D eigenvalue weighted by atomic mass is 32.1. The zero-order valence-electron chi connectivity index (χ0n) is 14.2. The van der Waals surface area contributed by atoms with E-state index in [0.717, 1.165) is 31.6 Å². The van der Waals surface area contributed by atoms with Gasteiger partial charge in [-0.3, -0.25) is 15.6 Å². The lowest BCUT2D eigenvalue weighted by atomic mass is 10.2. The summed E-state index contributed by atoms with van der Waals surface area (Å²) in [6.45, 7) is 2.94. The lowest BCUT2D eigenvalue weighted by molar-refractivity contribution is 0.0943. The molecule has 2 aromatic rings. The van der Waals surface area contributed by atoms with Gasteiger partial charge in [0.2, 0.25) is 0 Å². The molecule has 0 aliphatic carbocycles. The molecule has 0 aliphatic rings. The summed E-state index contributed by atoms with van der Waals surface area (Å²) < 4.78 is 5.70. The van der Waals surface area contributed by atoms with Crippen LogP contribution in [0.15, 0.2) is 54.6 Å². The number of carbonyl (C=O) groups is 1. The second kappa shape index (κ2) is 10.3. The molecule has 0 radical (unpaired) electrons. The zero-order chi connectivity index (χ0) is 17.9. The van der Waals surface area contributed by atoms with E-state index in [4.69, 9.17) is 17.0 Å². The second-order valence-corrected chi connectivity index (χ2v) is 5.89. The van der Waals surface area contributed by atoms with Gasteiger partial charge in [0.25, 0.3) is 5.91 Å². The van der Waals surface area contributed by atoms with Gasteiger partial charge in [0, 0.05) is 12.1 Å². The Hall–Kier alpha value is -2.60. The van der Waals surface area contributed by atoms with Gasteiger partial charge < -0.3 is 10.1 Å². The van der Waals surface area contributed by atoms with Crippen LogP contribution >= 0.6 is 12.2 Å². The summed E-state index contributed by atoms with van der Waals surface area (Å²) in [5.74, 6) is 1.16. The normalized spacial score (nSPS) is 9.96. The number of thiocarbonyl (C=S) groups is 1. The van der Waals surface area contributed by atoms with Gasteiger partial charge in [-0.25, -0.2) is 0 Å². The monoisotopic (exact) mass is 357 g/mol. The number of nitrogens with one attached hydrogen (secondary N) is 3. The smallest absolute Gasteiger partial charge is 0.269 e. The third-order valence-corrected chi connectivity index (χ3v) is 3.70. The first-order chi connectivity index (χ1) is 12.2. The lowest BCUT2D eigenvalue weighted by Gasteiger charge is -2.11. The molecule has 5 nitrogen and oxygen atoms in total. The van der Waals surface area contributed by atoms with E-state index in [-0.39, 0.29) is 5.91 Å². The van der Waals surface area contributed by atoms with E-state index < -0.39 is 0 Å². The van der Waals surface area contributed by atoms with Crippen molar-refractivity contribution in [3.63, 3.8) is 0 Å². The summed E-state index contributed by atoms with van der Waals surface area (Å²) >= 11 is 5.11. The van der Waals surface area contributed by atoms with Crippen LogP contribution in [0.3, 0.4) is 0 Å². The lowest BCUT2D eigenvalue weighted by Crippen LogP contribution is -2.46. The summed E-state index contributed by atoms with van der Waals surface area (Å²) in [7, 11) is 0. The van der Waals surface area contributed by atoms with E-state index in [1.807, 2.05) is 30.3 Å². The Morgan fingerprint density at radius 3 is 2.32 bits per heavy atom. The van der Waals surface area contributed by atoms with E-state index in [9.17, 15) is 4.79 Å². The molecule has 0 saturated carbocycles. The Bertz CT molecular complexity index is 675. The molecule has 0 atom stereocenters. The summed E-state index contributed by atoms with van der Waals surface area (Å²) in [4.78, 5) is 12.1. The molecule has 0 fully saturated rings. The molecule has 0 bridgehead atoms. The predicted octanol–water partition coefficient (Wildman–Crippen LogP) is 3.78. The first kappa shape index (κ1) is 18.7. The molecular formula is C19H23N3O2S. The van der Waals surface area contributed by atoms with E-state index in [2.05, 4.69) is 23.1 Å². The number of hydrazine groups is 1. The van der Waals surface area contributed by atoms with Crippen molar-refractivity contribution in [1.82, 2.24) is 16.2 Å². The number of unbranched alkanes of at least 4 members (excludes halogenated alkanes) is 2. The quantitative estimate of drug-likeness (QED) is 0.400. The van der Waals surface area contributed by atoms with Gasteiger partial charge in [-0.15, -0.1) is 0 Å². The Balaban J connectivity index is 1.77. The van der Waals surface area contributed by atoms with Crippen LogP contribution in [0.2, 0.25) is 0 Å². The van der Waals surface area contributed by atoms with E-state index in [0.29, 0.717) is 16.4 Å². The van der Waals surface area contributed by atoms with Gasteiger partial charge in [0.1, 0.15) is 11.5 Å². The maximum atomic E-state index is 12.1. The second-order valence-electron chi connectivity index (χ2n) is 5.48. The largest absolute Gasteiger partial charge is 0.457 e. The molecule has 2 rings (SSSR count). The maximum absolute atomic E-state index is 12.1. The number of carbonyl (C=O) groups excluding carboxylic acids is 1. The van der Waals surface area contributed by atoms with Gasteiger partial charge in [-0.2, -0.15) is 0 Å². The third-order valence-electron chi connectivity index (χ3n) is 3.45. The first-order valence-electron chi connectivity index (χ1n) is 8.36. The van der Waals surface area contributed by atoms with Crippen molar-refractivity contribution >= 4 is 23.2 Å². The fraction of sp³-hybridized carbons (Fsp3) is 0.263. The molecule has 0 aromatic heterocycles. The van der Waals surface area contributed by atoms with Crippen LogP contribution in [0, 0.1) is 0 Å². The van der Waals surface area contributed by atoms with Crippen LogP contribution in [-0.2, 0) is 0 Å². The van der Waals surface area contributed by atoms with Crippen LogP contribution in [-0.4, -0.2) is 17.6 Å². The number of ether oxygens (including phenoxy) is 1. The molecular weight excluding hydrogens is 334 g/mol. The fourth-order valence-electron chi connectivity index (χ4n) is 2.11. The van der Waals surface area contributed by atoms with Gasteiger partial charge >= 0.3 is 0 Å². The van der Waals surface area contributed by atoms with Gasteiger partial charge in [-0.1, -0.05) is 38.0 Å². The average molecular weight is 357 g/mol. The van der Waals surface area contributed by atoms with E-state index >= 15 is 0 Å². The molecule has 1 amide bonds. The summed E-state index contributed by atoms with van der Waals surface area (Å²) in [5, 5.41) is 3.46. The Labute approximate surface area is 153 Å². The van der Waals surface area contributed by atoms with Crippen molar-refractivity contribution in [2.45, 2.75) is 26.2 Å². The molecule has 0 unspecified atom stereocenters. The van der Waals surface area contributed by atoms with Gasteiger partial charge in [0.15, 0.2) is 5.11 Å². The fourth-order valence-corrected chi connectivity index (χ4v) is 2.26. The highest BCUT2D eigenvalue weighted by molar-refractivity contribution is 7.80. The molecule has 6 heteroatoms. The number of hydrogen-bond donors (Lipinski definition) is 3. The van der Waals surface area contributed by atoms with Crippen LogP contribution in [0.25, 0.3) is 0 Å². The minimum absolute atomic E-state index is 0.260. The van der Waals surface area contributed by atoms with Crippen LogP contribution < -0.4 is 20.9 Å². The average Bonchev–Trinajstić information content (AvgIpc) is 2.65. The number of benzene rings is 2. The molecule has 2 aromatic carbocycles. The van der Waals surface area contributed by atoms with Crippen molar-refractivity contribution in [2.24, 2.45) is 0 Å². The summed E-state index contributed by atoms with van der Waals surface area (Å²) in [5.41, 5.74) is 5.79. The highest BCUT2D eigenvalue weighted by Gasteiger charge is 2.06. The SMILES string of the molecule is CCCCCNC(=S)NNC(=O)c1ccc(Oc2ccccc2)cc1. The first-order valence-corrected chi connectivity index (χ1v) is 8.77. The topological polar surface area (TPSA) is 62.4 Å². The molecule has 0 spiro atoms. The molecule has 3 N–H and O–H groups in total. The number of rotatable bonds is 7. The highest BCUT2D eigenvalue weighted by Crippen LogP contribution is 2.20. The predicted molar refractivity (Wildman–Crippen MR) is 104 cm³/mol. The molecule has 0 aliphatic heterocycles. The van der Waals surface area contributed by atoms with Crippen LogP contribution in [0.4, 0.5) is 0 Å². The van der Waals surface area contributed by atoms with Crippen molar-refractivity contribution in [3.05, 3.63) is 60.2 Å². The third kappa shape index (κ3) is 6.81. The molecule has 0 heterocycles. The van der Waals surface area contributed by atoms with Crippen molar-refractivity contribution in [3.8, 4) is 11.5 Å². The molecule has 25 heavy (non-hydrogen) atoms. The Morgan fingerprint density at radius 2 is 1.64 bits per heavy atom. The Morgan fingerprint density at radius 1 is 0.960 bits per heavy atom. The summed E-state index contributed by atoms with van der Waals surface area (Å²) in [6, 6.07) is 16.4. The number of para-hydroxylation sites is 1. The minimum Gasteiger partial charge on any atom is -0.457 e. The van der Waals surface area contributed by atoms with E-state index in [1.54, 1.807) is 24.3 Å². The van der Waals surface area contributed by atoms with Gasteiger partial charge in [-0.05, 0) is 55.0 Å². The van der Waals surface area contributed by atoms with Crippen molar-refractivity contribution in [1.29, 1.82) is 0 Å². The molecule has 132 valence electrons. The standard InChI is InChI=1S/C19H23N3O2S/c1-2-3-7-14-20-19(25)22-21-18(23)15-10-12-17(13-11-15)24-16-8-5-4-6-9-16/h4-6,8-13H,2-3,7,14H2,1H3,(H,21,23)(H2,20,22,25). The number of amides is 1. The van der Waals surface area contributed by atoms with Crippen molar-refractivity contribution in [2.75, 3.05) is 6.54 Å². The van der Waals surface area contributed by atoms with E-state index in [1.165, 1.54) is 0 Å². The van der Waals surface area contributed by atoms with Crippen LogP contribution in [0.1, 0.15) is 36.5 Å². The maximum Gasteiger partial charge on any atom is 0.269 e. The van der Waals surface area contributed by atoms with Crippen molar-refractivity contribution < 1.29 is 9.53 Å². The zero-order valence-corrected chi connectivity index (χ0v) is 15.1.